The number of benzene rings is 1. The van der Waals surface area contributed by atoms with E-state index in [0.29, 0.717) is 23.4 Å². The Morgan fingerprint density at radius 3 is 2.53 bits per heavy atom. The Hall–Kier alpha value is -2.15. The molecule has 3 aromatic rings. The van der Waals surface area contributed by atoms with E-state index in [4.69, 9.17) is 0 Å². The van der Waals surface area contributed by atoms with E-state index in [1.54, 1.807) is 16.2 Å². The SMILES string of the molecule is CCCCC(CC)Nc1nc(C)nc2c1n(C)c(=O)n2-c1ccc(C(C)C)cc1Br. The number of hydrogen-bond donors (Lipinski definition) is 1. The first-order valence-corrected chi connectivity index (χ1v) is 11.6. The fourth-order valence-corrected chi connectivity index (χ4v) is 4.33. The summed E-state index contributed by atoms with van der Waals surface area (Å²) in [7, 11) is 1.79. The van der Waals surface area contributed by atoms with Crippen LogP contribution in [0.2, 0.25) is 0 Å². The van der Waals surface area contributed by atoms with Gasteiger partial charge in [0.15, 0.2) is 11.5 Å². The van der Waals surface area contributed by atoms with Gasteiger partial charge in [-0.15, -0.1) is 0 Å². The van der Waals surface area contributed by atoms with E-state index >= 15 is 0 Å². The highest BCUT2D eigenvalue weighted by atomic mass is 79.9. The molecule has 6 nitrogen and oxygen atoms in total. The number of anilines is 1. The van der Waals surface area contributed by atoms with E-state index in [-0.39, 0.29) is 5.69 Å². The molecule has 7 heteroatoms. The van der Waals surface area contributed by atoms with Crippen LogP contribution >= 0.6 is 15.9 Å². The Morgan fingerprint density at radius 2 is 1.93 bits per heavy atom. The number of nitrogens with one attached hydrogen (secondary N) is 1. The number of hydrogen-bond acceptors (Lipinski definition) is 4. The molecule has 2 aromatic heterocycles. The highest BCUT2D eigenvalue weighted by Crippen LogP contribution is 2.29. The Balaban J connectivity index is 2.18. The molecule has 1 atom stereocenters. The Bertz CT molecular complexity index is 1100. The van der Waals surface area contributed by atoms with Crippen molar-refractivity contribution >= 4 is 32.9 Å². The van der Waals surface area contributed by atoms with Gasteiger partial charge in [-0.1, -0.05) is 46.6 Å². The monoisotopic (exact) mass is 473 g/mol. The number of nitrogens with zero attached hydrogens (tertiary/aromatic N) is 4. The average Bonchev–Trinajstić information content (AvgIpc) is 2.95. The van der Waals surface area contributed by atoms with Crippen molar-refractivity contribution in [2.24, 2.45) is 7.05 Å². The lowest BCUT2D eigenvalue weighted by atomic mass is 10.0. The molecular formula is C23H32BrN5O. The Morgan fingerprint density at radius 1 is 1.20 bits per heavy atom. The van der Waals surface area contributed by atoms with Crippen molar-refractivity contribution in [1.29, 1.82) is 0 Å². The van der Waals surface area contributed by atoms with Gasteiger partial charge < -0.3 is 5.32 Å². The Labute approximate surface area is 186 Å². The van der Waals surface area contributed by atoms with Gasteiger partial charge in [0.05, 0.1) is 5.69 Å². The van der Waals surface area contributed by atoms with Crippen molar-refractivity contribution < 1.29 is 0 Å². The van der Waals surface area contributed by atoms with Gasteiger partial charge in [0.2, 0.25) is 0 Å². The van der Waals surface area contributed by atoms with E-state index in [1.165, 1.54) is 5.56 Å². The van der Waals surface area contributed by atoms with Crippen molar-refractivity contribution in [1.82, 2.24) is 19.1 Å². The van der Waals surface area contributed by atoms with E-state index < -0.39 is 0 Å². The smallest absolute Gasteiger partial charge is 0.334 e. The lowest BCUT2D eigenvalue weighted by Crippen LogP contribution is -2.22. The van der Waals surface area contributed by atoms with Gasteiger partial charge in [-0.25, -0.2) is 19.3 Å². The highest BCUT2D eigenvalue weighted by molar-refractivity contribution is 9.10. The van der Waals surface area contributed by atoms with E-state index in [9.17, 15) is 4.79 Å². The average molecular weight is 474 g/mol. The third-order valence-corrected chi connectivity index (χ3v) is 6.26. The van der Waals surface area contributed by atoms with Crippen molar-refractivity contribution in [3.8, 4) is 5.69 Å². The number of rotatable bonds is 8. The summed E-state index contributed by atoms with van der Waals surface area (Å²) in [5.74, 6) is 1.78. The van der Waals surface area contributed by atoms with Gasteiger partial charge in [0, 0.05) is 17.6 Å². The second-order valence-electron chi connectivity index (χ2n) is 8.23. The molecule has 0 bridgehead atoms. The van der Waals surface area contributed by atoms with Crippen LogP contribution < -0.4 is 11.0 Å². The molecule has 30 heavy (non-hydrogen) atoms. The van der Waals surface area contributed by atoms with E-state index in [0.717, 1.165) is 47.2 Å². The number of aryl methyl sites for hydroxylation is 2. The summed E-state index contributed by atoms with van der Waals surface area (Å²) >= 11 is 3.67. The first kappa shape index (κ1) is 22.5. The molecular weight excluding hydrogens is 442 g/mol. The molecule has 0 fully saturated rings. The molecule has 1 unspecified atom stereocenters. The van der Waals surface area contributed by atoms with Crippen molar-refractivity contribution in [2.75, 3.05) is 5.32 Å². The second kappa shape index (κ2) is 9.33. The maximum absolute atomic E-state index is 13.3. The highest BCUT2D eigenvalue weighted by Gasteiger charge is 2.21. The van der Waals surface area contributed by atoms with Crippen LogP contribution in [0.1, 0.15) is 70.7 Å². The number of unbranched alkanes of at least 4 members (excludes halogenated alkanes) is 1. The molecule has 0 saturated heterocycles. The van der Waals surface area contributed by atoms with Crippen LogP contribution in [-0.2, 0) is 7.05 Å². The maximum atomic E-state index is 13.3. The molecule has 3 rings (SSSR count). The van der Waals surface area contributed by atoms with Crippen molar-refractivity contribution in [3.63, 3.8) is 0 Å². The molecule has 0 radical (unpaired) electrons. The number of imidazole rings is 1. The van der Waals surface area contributed by atoms with Crippen molar-refractivity contribution in [3.05, 3.63) is 44.5 Å². The van der Waals surface area contributed by atoms with Gasteiger partial charge in [0.1, 0.15) is 11.3 Å². The summed E-state index contributed by atoms with van der Waals surface area (Å²) in [6, 6.07) is 6.45. The topological polar surface area (TPSA) is 64.7 Å². The summed E-state index contributed by atoms with van der Waals surface area (Å²) in [6.45, 7) is 10.6. The van der Waals surface area contributed by atoms with Gasteiger partial charge >= 0.3 is 5.69 Å². The van der Waals surface area contributed by atoms with Crippen LogP contribution in [0.3, 0.4) is 0 Å². The summed E-state index contributed by atoms with van der Waals surface area (Å²) in [5, 5.41) is 3.58. The minimum absolute atomic E-state index is 0.132. The zero-order valence-electron chi connectivity index (χ0n) is 18.8. The van der Waals surface area contributed by atoms with Crippen LogP contribution in [0.4, 0.5) is 5.82 Å². The number of fused-ring (bicyclic) bond motifs is 1. The van der Waals surface area contributed by atoms with E-state index in [2.05, 4.69) is 71.0 Å². The lowest BCUT2D eigenvalue weighted by Gasteiger charge is -2.18. The predicted octanol–water partition coefficient (Wildman–Crippen LogP) is 5.69. The van der Waals surface area contributed by atoms with E-state index in [1.807, 2.05) is 13.0 Å². The summed E-state index contributed by atoms with van der Waals surface area (Å²) in [6.07, 6.45) is 4.40. The maximum Gasteiger partial charge on any atom is 0.334 e. The largest absolute Gasteiger partial charge is 0.365 e. The molecule has 2 heterocycles. The summed E-state index contributed by atoms with van der Waals surface area (Å²) < 4.78 is 4.20. The lowest BCUT2D eigenvalue weighted by molar-refractivity contribution is 0.591. The third kappa shape index (κ3) is 4.31. The first-order valence-electron chi connectivity index (χ1n) is 10.8. The van der Waals surface area contributed by atoms with Gasteiger partial charge in [0.25, 0.3) is 0 Å². The summed E-state index contributed by atoms with van der Waals surface area (Å²) in [4.78, 5) is 22.6. The molecule has 0 amide bonds. The summed E-state index contributed by atoms with van der Waals surface area (Å²) in [5.41, 5.74) is 3.24. The first-order chi connectivity index (χ1) is 14.3. The van der Waals surface area contributed by atoms with Gasteiger partial charge in [-0.2, -0.15) is 0 Å². The van der Waals surface area contributed by atoms with Crippen LogP contribution in [0.25, 0.3) is 16.9 Å². The molecule has 0 aliphatic rings. The molecule has 0 saturated carbocycles. The predicted molar refractivity (Wildman–Crippen MR) is 128 cm³/mol. The molecule has 0 aliphatic heterocycles. The van der Waals surface area contributed by atoms with Crippen LogP contribution in [0, 0.1) is 6.92 Å². The number of halogens is 1. The second-order valence-corrected chi connectivity index (χ2v) is 9.08. The van der Waals surface area contributed by atoms with Crippen LogP contribution in [0.5, 0.6) is 0 Å². The quantitative estimate of drug-likeness (QED) is 0.455. The Kier molecular flexibility index (Phi) is 7.01. The molecule has 162 valence electrons. The van der Waals surface area contributed by atoms with Gasteiger partial charge in [-0.3, -0.25) is 4.57 Å². The normalized spacial score (nSPS) is 12.7. The van der Waals surface area contributed by atoms with Crippen LogP contribution in [0.15, 0.2) is 27.5 Å². The zero-order chi connectivity index (χ0) is 22.0. The molecule has 1 aromatic carbocycles. The minimum Gasteiger partial charge on any atom is -0.365 e. The molecule has 0 spiro atoms. The van der Waals surface area contributed by atoms with Gasteiger partial charge in [-0.05, 0) is 59.3 Å². The zero-order valence-corrected chi connectivity index (χ0v) is 20.4. The minimum atomic E-state index is -0.132. The fraction of sp³-hybridized carbons (Fsp3) is 0.522. The number of aromatic nitrogens is 4. The fourth-order valence-electron chi connectivity index (χ4n) is 3.76. The third-order valence-electron chi connectivity index (χ3n) is 5.62. The standard InChI is InChI=1S/C23H32BrN5O/c1-7-9-10-17(8-2)27-21-20-22(26-15(5)25-21)29(23(30)28(20)6)19-12-11-16(14(3)4)13-18(19)24/h11-14,17H,7-10H2,1-6H3,(H,25,26,27). The molecule has 0 aliphatic carbocycles. The molecule has 1 N–H and O–H groups in total. The van der Waals surface area contributed by atoms with Crippen LogP contribution in [-0.4, -0.2) is 25.1 Å². The van der Waals surface area contributed by atoms with Crippen molar-refractivity contribution in [2.45, 2.75) is 72.3 Å².